The van der Waals surface area contributed by atoms with Crippen molar-refractivity contribution in [3.05, 3.63) is 58.1 Å². The quantitative estimate of drug-likeness (QED) is 0.906. The number of benzene rings is 2. The largest absolute Gasteiger partial charge is 0.491 e. The number of carbonyl (C=O) groups excluding carboxylic acids is 2. The second kappa shape index (κ2) is 5.96. The van der Waals surface area contributed by atoms with Gasteiger partial charge in [-0.1, -0.05) is 11.6 Å². The third kappa shape index (κ3) is 2.90. The molecule has 118 valence electrons. The average molecular weight is 338 g/mol. The molecule has 4 nitrogen and oxygen atoms in total. The Labute approximate surface area is 135 Å². The molecule has 2 aromatic carbocycles. The molecule has 2 aromatic rings. The van der Waals surface area contributed by atoms with Crippen LogP contribution in [0.25, 0.3) is 0 Å². The predicted octanol–water partition coefficient (Wildman–Crippen LogP) is 3.84. The molecular weight excluding hydrogens is 328 g/mol. The molecule has 0 fully saturated rings. The fraction of sp³-hybridized carbons (Fsp3) is 0.125. The Hall–Kier alpha value is -2.47. The lowest BCUT2D eigenvalue weighted by Crippen LogP contribution is -2.22. The van der Waals surface area contributed by atoms with E-state index >= 15 is 0 Å². The molecule has 1 N–H and O–H groups in total. The molecule has 23 heavy (non-hydrogen) atoms. The van der Waals surface area contributed by atoms with Gasteiger partial charge in [0.15, 0.2) is 5.78 Å². The zero-order valence-electron chi connectivity index (χ0n) is 11.7. The fourth-order valence-electron chi connectivity index (χ4n) is 2.29. The highest BCUT2D eigenvalue weighted by atomic mass is 35.5. The van der Waals surface area contributed by atoms with Crippen LogP contribution in [0.1, 0.15) is 27.1 Å². The zero-order chi connectivity index (χ0) is 16.6. The van der Waals surface area contributed by atoms with Gasteiger partial charge in [-0.3, -0.25) is 9.59 Å². The maximum atomic E-state index is 14.1. The number of hydrogen-bond acceptors (Lipinski definition) is 3. The van der Waals surface area contributed by atoms with Crippen LogP contribution in [0.15, 0.2) is 30.3 Å². The van der Waals surface area contributed by atoms with Gasteiger partial charge in [-0.25, -0.2) is 8.78 Å². The van der Waals surface area contributed by atoms with Gasteiger partial charge in [0.25, 0.3) is 5.91 Å². The van der Waals surface area contributed by atoms with Crippen molar-refractivity contribution in [3.8, 4) is 5.75 Å². The molecule has 1 amide bonds. The second-order valence-electron chi connectivity index (χ2n) is 4.90. The SMILES string of the molecule is O=C1CCOc2c1ccc(F)c2C(=O)Nc1ccc(F)c(Cl)c1. The van der Waals surface area contributed by atoms with Crippen molar-refractivity contribution in [2.24, 2.45) is 0 Å². The summed E-state index contributed by atoms with van der Waals surface area (Å²) in [5.74, 6) is -2.56. The highest BCUT2D eigenvalue weighted by Gasteiger charge is 2.27. The Morgan fingerprint density at radius 1 is 1.17 bits per heavy atom. The van der Waals surface area contributed by atoms with Crippen LogP contribution >= 0.6 is 11.6 Å². The first kappa shape index (κ1) is 15.4. The first-order valence-corrected chi connectivity index (χ1v) is 7.10. The number of halogens is 3. The molecule has 0 atom stereocenters. The molecule has 0 saturated heterocycles. The summed E-state index contributed by atoms with van der Waals surface area (Å²) >= 11 is 5.64. The summed E-state index contributed by atoms with van der Waals surface area (Å²) in [6, 6.07) is 5.90. The van der Waals surface area contributed by atoms with Crippen LogP contribution in [0.3, 0.4) is 0 Å². The Balaban J connectivity index is 1.97. The van der Waals surface area contributed by atoms with Gasteiger partial charge in [0.1, 0.15) is 22.9 Å². The lowest BCUT2D eigenvalue weighted by molar-refractivity contribution is 0.0930. The minimum absolute atomic E-state index is 0.0769. The number of carbonyl (C=O) groups is 2. The van der Waals surface area contributed by atoms with E-state index in [1.807, 2.05) is 0 Å². The first-order chi connectivity index (χ1) is 11.0. The number of ether oxygens (including phenoxy) is 1. The molecule has 1 aliphatic rings. The fourth-order valence-corrected chi connectivity index (χ4v) is 2.47. The molecule has 0 radical (unpaired) electrons. The summed E-state index contributed by atoms with van der Waals surface area (Å²) in [6.07, 6.45) is 0.174. The van der Waals surface area contributed by atoms with Crippen LogP contribution in [0.5, 0.6) is 5.75 Å². The lowest BCUT2D eigenvalue weighted by Gasteiger charge is -2.19. The van der Waals surface area contributed by atoms with E-state index in [2.05, 4.69) is 5.32 Å². The molecule has 0 spiro atoms. The number of anilines is 1. The van der Waals surface area contributed by atoms with E-state index in [9.17, 15) is 18.4 Å². The molecule has 0 unspecified atom stereocenters. The molecular formula is C16H10ClF2NO3. The Kier molecular flexibility index (Phi) is 4.00. The van der Waals surface area contributed by atoms with Gasteiger partial charge in [0.2, 0.25) is 0 Å². The second-order valence-corrected chi connectivity index (χ2v) is 5.31. The van der Waals surface area contributed by atoms with Gasteiger partial charge in [-0.05, 0) is 30.3 Å². The van der Waals surface area contributed by atoms with Crippen LogP contribution in [-0.2, 0) is 0 Å². The third-order valence-electron chi connectivity index (χ3n) is 3.39. The highest BCUT2D eigenvalue weighted by Crippen LogP contribution is 2.32. The molecule has 0 saturated carbocycles. The summed E-state index contributed by atoms with van der Waals surface area (Å²) in [7, 11) is 0. The first-order valence-electron chi connectivity index (χ1n) is 6.72. The minimum Gasteiger partial charge on any atom is -0.491 e. The van der Waals surface area contributed by atoms with E-state index in [-0.39, 0.29) is 46.4 Å². The van der Waals surface area contributed by atoms with Crippen molar-refractivity contribution in [1.82, 2.24) is 0 Å². The predicted molar refractivity (Wildman–Crippen MR) is 80.2 cm³/mol. The van der Waals surface area contributed by atoms with E-state index in [1.165, 1.54) is 18.2 Å². The lowest BCUT2D eigenvalue weighted by atomic mass is 10.00. The Bertz CT molecular complexity index is 823. The van der Waals surface area contributed by atoms with Crippen LogP contribution in [0.4, 0.5) is 14.5 Å². The van der Waals surface area contributed by atoms with Crippen molar-refractivity contribution in [3.63, 3.8) is 0 Å². The number of nitrogens with one attached hydrogen (secondary N) is 1. The van der Waals surface area contributed by atoms with Gasteiger partial charge in [-0.2, -0.15) is 0 Å². The monoisotopic (exact) mass is 337 g/mol. The molecule has 0 aliphatic carbocycles. The molecule has 7 heteroatoms. The number of amides is 1. The minimum atomic E-state index is -0.816. The van der Waals surface area contributed by atoms with Crippen molar-refractivity contribution in [2.45, 2.75) is 6.42 Å². The van der Waals surface area contributed by atoms with Crippen LogP contribution < -0.4 is 10.1 Å². The topological polar surface area (TPSA) is 55.4 Å². The van der Waals surface area contributed by atoms with Crippen molar-refractivity contribution in [1.29, 1.82) is 0 Å². The standard InChI is InChI=1S/C16H10ClF2NO3/c17-10-7-8(1-3-11(10)18)20-16(22)14-12(19)4-2-9-13(21)5-6-23-15(9)14/h1-4,7H,5-6H2,(H,20,22). The van der Waals surface area contributed by atoms with E-state index in [0.717, 1.165) is 12.1 Å². The summed E-state index contributed by atoms with van der Waals surface area (Å²) in [5.41, 5.74) is -0.00326. The van der Waals surface area contributed by atoms with Crippen LogP contribution in [0.2, 0.25) is 5.02 Å². The molecule has 1 heterocycles. The maximum absolute atomic E-state index is 14.1. The number of hydrogen-bond donors (Lipinski definition) is 1. The summed E-state index contributed by atoms with van der Waals surface area (Å²) in [6.45, 7) is 0.0813. The van der Waals surface area contributed by atoms with E-state index in [4.69, 9.17) is 16.3 Å². The summed E-state index contributed by atoms with van der Waals surface area (Å²) < 4.78 is 32.5. The molecule has 1 aliphatic heterocycles. The van der Waals surface area contributed by atoms with E-state index in [1.54, 1.807) is 0 Å². The van der Waals surface area contributed by atoms with Crippen LogP contribution in [0, 0.1) is 11.6 Å². The van der Waals surface area contributed by atoms with Gasteiger partial charge >= 0.3 is 0 Å². The van der Waals surface area contributed by atoms with Crippen LogP contribution in [-0.4, -0.2) is 18.3 Å². The molecule has 3 rings (SSSR count). The van der Waals surface area contributed by atoms with E-state index in [0.29, 0.717) is 0 Å². The molecule has 0 aromatic heterocycles. The van der Waals surface area contributed by atoms with Crippen molar-refractivity contribution < 1.29 is 23.1 Å². The van der Waals surface area contributed by atoms with Crippen molar-refractivity contribution in [2.75, 3.05) is 11.9 Å². The zero-order valence-corrected chi connectivity index (χ0v) is 12.4. The summed E-state index contributed by atoms with van der Waals surface area (Å²) in [4.78, 5) is 24.1. The van der Waals surface area contributed by atoms with Gasteiger partial charge in [-0.15, -0.1) is 0 Å². The van der Waals surface area contributed by atoms with Crippen molar-refractivity contribution >= 4 is 29.0 Å². The Morgan fingerprint density at radius 3 is 2.65 bits per heavy atom. The smallest absolute Gasteiger partial charge is 0.262 e. The molecule has 0 bridgehead atoms. The van der Waals surface area contributed by atoms with Gasteiger partial charge < -0.3 is 10.1 Å². The number of rotatable bonds is 2. The normalized spacial score (nSPS) is 13.3. The highest BCUT2D eigenvalue weighted by molar-refractivity contribution is 6.31. The third-order valence-corrected chi connectivity index (χ3v) is 3.68. The number of ketones is 1. The number of Topliss-reactive ketones (excluding diaryl/α,β-unsaturated/α-hetero) is 1. The average Bonchev–Trinajstić information content (AvgIpc) is 2.51. The van der Waals surface area contributed by atoms with E-state index < -0.39 is 17.5 Å². The summed E-state index contributed by atoms with van der Waals surface area (Å²) in [5, 5.41) is 2.23. The Morgan fingerprint density at radius 2 is 1.91 bits per heavy atom. The maximum Gasteiger partial charge on any atom is 0.262 e. The van der Waals surface area contributed by atoms with Gasteiger partial charge in [0, 0.05) is 12.1 Å². The van der Waals surface area contributed by atoms with Gasteiger partial charge in [0.05, 0.1) is 17.2 Å². The number of fused-ring (bicyclic) bond motifs is 1.